The van der Waals surface area contributed by atoms with Crippen molar-refractivity contribution in [3.63, 3.8) is 0 Å². The molecule has 0 radical (unpaired) electrons. The number of nitrogens with zero attached hydrogens (tertiary/aromatic N) is 3. The summed E-state index contributed by atoms with van der Waals surface area (Å²) in [6.45, 7) is 0.291. The zero-order valence-corrected chi connectivity index (χ0v) is 13.2. The van der Waals surface area contributed by atoms with Gasteiger partial charge < -0.3 is 5.32 Å². The zero-order valence-electron chi connectivity index (χ0n) is 13.2. The lowest BCUT2D eigenvalue weighted by Crippen LogP contribution is -2.30. The van der Waals surface area contributed by atoms with Crippen LogP contribution in [0.2, 0.25) is 0 Å². The Kier molecular flexibility index (Phi) is 4.60. The second-order valence-corrected chi connectivity index (χ2v) is 5.76. The first kappa shape index (κ1) is 17.2. The van der Waals surface area contributed by atoms with Gasteiger partial charge in [-0.2, -0.15) is 13.2 Å². The Hall–Kier alpha value is -2.65. The molecule has 0 unspecified atom stereocenters. The van der Waals surface area contributed by atoms with E-state index in [9.17, 15) is 22.8 Å². The molecule has 1 aliphatic rings. The molecule has 0 atom stereocenters. The molecule has 0 amide bonds. The van der Waals surface area contributed by atoms with Crippen molar-refractivity contribution in [2.45, 2.75) is 38.4 Å². The zero-order chi connectivity index (χ0) is 18.0. The number of anilines is 1. The van der Waals surface area contributed by atoms with Gasteiger partial charge in [-0.3, -0.25) is 14.3 Å². The predicted octanol–water partition coefficient (Wildman–Crippen LogP) is 1.34. The van der Waals surface area contributed by atoms with E-state index in [1.54, 1.807) is 0 Å². The molecular formula is C15H16F3N5O2. The number of aromatic amines is 1. The van der Waals surface area contributed by atoms with Crippen LogP contribution in [0.3, 0.4) is 0 Å². The van der Waals surface area contributed by atoms with Crippen LogP contribution in [0.25, 0.3) is 0 Å². The topological polar surface area (TPSA) is 92.7 Å². The summed E-state index contributed by atoms with van der Waals surface area (Å²) in [5.74, 6) is -0.106. The van der Waals surface area contributed by atoms with Gasteiger partial charge in [0.2, 0.25) is 5.95 Å². The van der Waals surface area contributed by atoms with Crippen LogP contribution in [0.5, 0.6) is 0 Å². The Balaban J connectivity index is 1.78. The minimum Gasteiger partial charge on any atom is -0.352 e. The van der Waals surface area contributed by atoms with Gasteiger partial charge in [0.15, 0.2) is 5.69 Å². The number of rotatable bonds is 4. The van der Waals surface area contributed by atoms with Crippen molar-refractivity contribution in [1.82, 2.24) is 19.5 Å². The van der Waals surface area contributed by atoms with Gasteiger partial charge in [0.1, 0.15) is 0 Å². The number of hydrogen-bond acceptors (Lipinski definition) is 5. The number of fused-ring (bicyclic) bond motifs is 1. The van der Waals surface area contributed by atoms with Crippen LogP contribution >= 0.6 is 0 Å². The van der Waals surface area contributed by atoms with Gasteiger partial charge in [-0.1, -0.05) is 0 Å². The number of nitrogens with one attached hydrogen (secondary N) is 2. The van der Waals surface area contributed by atoms with Crippen LogP contribution in [0.15, 0.2) is 21.9 Å². The fourth-order valence-electron chi connectivity index (χ4n) is 2.82. The van der Waals surface area contributed by atoms with E-state index in [-0.39, 0.29) is 24.6 Å². The van der Waals surface area contributed by atoms with Gasteiger partial charge in [0.25, 0.3) is 5.56 Å². The van der Waals surface area contributed by atoms with Gasteiger partial charge in [-0.25, -0.2) is 14.8 Å². The molecular weight excluding hydrogens is 339 g/mol. The summed E-state index contributed by atoms with van der Waals surface area (Å²) in [5, 5.41) is 2.72. The molecule has 134 valence electrons. The molecule has 0 bridgehead atoms. The number of alkyl halides is 3. The van der Waals surface area contributed by atoms with Crippen molar-refractivity contribution < 1.29 is 13.2 Å². The summed E-state index contributed by atoms with van der Waals surface area (Å²) in [5.41, 5.74) is -1.38. The Morgan fingerprint density at radius 2 is 1.96 bits per heavy atom. The average Bonchev–Trinajstić information content (AvgIpc) is 2.55. The second-order valence-electron chi connectivity index (χ2n) is 5.76. The van der Waals surface area contributed by atoms with E-state index in [4.69, 9.17) is 0 Å². The highest BCUT2D eigenvalue weighted by molar-refractivity contribution is 5.37. The molecule has 1 aliphatic carbocycles. The Bertz CT molecular complexity index is 888. The van der Waals surface area contributed by atoms with E-state index in [0.717, 1.165) is 6.42 Å². The first-order chi connectivity index (χ1) is 11.8. The third kappa shape index (κ3) is 3.89. The molecule has 0 spiro atoms. The maximum atomic E-state index is 13.2. The molecule has 3 rings (SSSR count). The fraction of sp³-hybridized carbons (Fsp3) is 0.467. The monoisotopic (exact) mass is 355 g/mol. The molecule has 0 aromatic carbocycles. The van der Waals surface area contributed by atoms with Crippen LogP contribution in [-0.4, -0.2) is 26.1 Å². The van der Waals surface area contributed by atoms with Crippen LogP contribution < -0.4 is 16.6 Å². The summed E-state index contributed by atoms with van der Waals surface area (Å²) < 4.78 is 40.9. The molecule has 0 saturated heterocycles. The van der Waals surface area contributed by atoms with Gasteiger partial charge >= 0.3 is 11.9 Å². The molecule has 10 heteroatoms. The molecule has 2 heterocycles. The lowest BCUT2D eigenvalue weighted by atomic mass is 9.94. The summed E-state index contributed by atoms with van der Waals surface area (Å²) in [7, 11) is 0. The smallest absolute Gasteiger partial charge is 0.352 e. The number of hydrogen-bond donors (Lipinski definition) is 2. The highest BCUT2D eigenvalue weighted by Gasteiger charge is 2.37. The van der Waals surface area contributed by atoms with Crippen molar-refractivity contribution in [3.8, 4) is 0 Å². The maximum Gasteiger partial charge on any atom is 0.433 e. The van der Waals surface area contributed by atoms with Crippen LogP contribution in [-0.2, 0) is 25.6 Å². The van der Waals surface area contributed by atoms with E-state index in [1.807, 2.05) is 0 Å². The minimum atomic E-state index is -4.53. The lowest BCUT2D eigenvalue weighted by molar-refractivity contribution is -0.142. The van der Waals surface area contributed by atoms with Crippen LogP contribution in [0.4, 0.5) is 19.1 Å². The largest absolute Gasteiger partial charge is 0.433 e. The Labute approximate surface area is 139 Å². The van der Waals surface area contributed by atoms with Crippen molar-refractivity contribution in [2.24, 2.45) is 0 Å². The van der Waals surface area contributed by atoms with E-state index >= 15 is 0 Å². The van der Waals surface area contributed by atoms with Gasteiger partial charge in [0, 0.05) is 36.6 Å². The highest BCUT2D eigenvalue weighted by Crippen LogP contribution is 2.35. The van der Waals surface area contributed by atoms with Crippen LogP contribution in [0, 0.1) is 0 Å². The second kappa shape index (κ2) is 6.69. The molecule has 0 aliphatic heterocycles. The first-order valence-electron chi connectivity index (χ1n) is 7.85. The average molecular weight is 355 g/mol. The molecule has 0 fully saturated rings. The number of H-pyrrole nitrogens is 1. The number of aryl methyl sites for hydroxylation is 1. The minimum absolute atomic E-state index is 0.106. The number of halogens is 3. The SMILES string of the molecule is O=c1ccn(CCNc2nc3c(c(C(F)(F)F)n2)CCCC3)c(=O)[nH]1. The summed E-state index contributed by atoms with van der Waals surface area (Å²) in [6.07, 6.45) is -0.893. The Morgan fingerprint density at radius 3 is 2.68 bits per heavy atom. The molecule has 2 N–H and O–H groups in total. The molecule has 2 aromatic rings. The Morgan fingerprint density at radius 1 is 1.20 bits per heavy atom. The predicted molar refractivity (Wildman–Crippen MR) is 83.5 cm³/mol. The number of aromatic nitrogens is 4. The van der Waals surface area contributed by atoms with Gasteiger partial charge in [-0.05, 0) is 25.7 Å². The van der Waals surface area contributed by atoms with Crippen molar-refractivity contribution >= 4 is 5.95 Å². The highest BCUT2D eigenvalue weighted by atomic mass is 19.4. The quantitative estimate of drug-likeness (QED) is 0.863. The molecule has 0 saturated carbocycles. The molecule has 7 nitrogen and oxygen atoms in total. The van der Waals surface area contributed by atoms with Gasteiger partial charge in [-0.15, -0.1) is 0 Å². The molecule has 25 heavy (non-hydrogen) atoms. The standard InChI is InChI=1S/C15H16F3N5O2/c16-15(17,18)12-9-3-1-2-4-10(9)20-13(22-12)19-6-8-23-7-5-11(24)21-14(23)25/h5,7H,1-4,6,8H2,(H,19,20,22)(H,21,24,25). The molecule has 2 aromatic heterocycles. The van der Waals surface area contributed by atoms with Crippen molar-refractivity contribution in [2.75, 3.05) is 11.9 Å². The summed E-state index contributed by atoms with van der Waals surface area (Å²) in [6, 6.07) is 1.19. The van der Waals surface area contributed by atoms with E-state index in [1.165, 1.54) is 16.8 Å². The fourth-order valence-corrected chi connectivity index (χ4v) is 2.82. The third-order valence-electron chi connectivity index (χ3n) is 3.98. The maximum absolute atomic E-state index is 13.2. The lowest BCUT2D eigenvalue weighted by Gasteiger charge is -2.20. The van der Waals surface area contributed by atoms with E-state index < -0.39 is 23.1 Å². The van der Waals surface area contributed by atoms with E-state index in [2.05, 4.69) is 20.3 Å². The third-order valence-corrected chi connectivity index (χ3v) is 3.98. The van der Waals surface area contributed by atoms with Crippen molar-refractivity contribution in [1.29, 1.82) is 0 Å². The van der Waals surface area contributed by atoms with Gasteiger partial charge in [0.05, 0.1) is 0 Å². The summed E-state index contributed by atoms with van der Waals surface area (Å²) in [4.78, 5) is 32.5. The van der Waals surface area contributed by atoms with Crippen LogP contribution in [0.1, 0.15) is 29.8 Å². The first-order valence-corrected chi connectivity index (χ1v) is 7.85. The normalized spacial score (nSPS) is 14.2. The van der Waals surface area contributed by atoms with Crippen molar-refractivity contribution in [3.05, 3.63) is 50.1 Å². The van der Waals surface area contributed by atoms with E-state index in [0.29, 0.717) is 25.0 Å². The summed E-state index contributed by atoms with van der Waals surface area (Å²) >= 11 is 0.